The van der Waals surface area contributed by atoms with Crippen LogP contribution in [0.3, 0.4) is 0 Å². The maximum absolute atomic E-state index is 11.3. The average Bonchev–Trinajstić information content (AvgIpc) is 2.71. The molecule has 2 aromatic heterocycles. The number of hydrogen-bond donors (Lipinski definition) is 2. The fourth-order valence-corrected chi connectivity index (χ4v) is 2.03. The predicted octanol–water partition coefficient (Wildman–Crippen LogP) is -0.00880. The highest BCUT2D eigenvalue weighted by Gasteiger charge is 2.09. The van der Waals surface area contributed by atoms with Crippen LogP contribution in [0.15, 0.2) is 27.5 Å². The summed E-state index contributed by atoms with van der Waals surface area (Å²) in [5, 5.41) is 7.39. The first-order valence-electron chi connectivity index (χ1n) is 5.08. The van der Waals surface area contributed by atoms with Crippen LogP contribution < -0.4 is 11.4 Å². The molecule has 0 saturated heterocycles. The second-order valence-corrected chi connectivity index (χ2v) is 4.17. The summed E-state index contributed by atoms with van der Waals surface area (Å²) < 4.78 is 1.52. The van der Waals surface area contributed by atoms with Gasteiger partial charge in [0.2, 0.25) is 0 Å². The number of aromatic amines is 1. The summed E-state index contributed by atoms with van der Waals surface area (Å²) in [5.41, 5.74) is 6.09. The van der Waals surface area contributed by atoms with Crippen molar-refractivity contribution in [2.24, 2.45) is 5.73 Å². The number of nitrogens with one attached hydrogen (secondary N) is 1. The van der Waals surface area contributed by atoms with Crippen molar-refractivity contribution in [3.05, 3.63) is 28.4 Å². The Balaban J connectivity index is 2.22. The van der Waals surface area contributed by atoms with E-state index in [1.165, 1.54) is 16.3 Å². The van der Waals surface area contributed by atoms with Gasteiger partial charge in [-0.15, -0.1) is 5.10 Å². The Morgan fingerprint density at radius 1 is 1.47 bits per heavy atom. The lowest BCUT2D eigenvalue weighted by atomic mass is 10.4. The molecule has 8 heteroatoms. The number of H-pyrrole nitrogens is 1. The maximum atomic E-state index is 11.3. The van der Waals surface area contributed by atoms with Gasteiger partial charge in [0.05, 0.1) is 0 Å². The second-order valence-electron chi connectivity index (χ2n) is 3.24. The lowest BCUT2D eigenvalue weighted by Crippen LogP contribution is -2.16. The van der Waals surface area contributed by atoms with E-state index in [1.807, 2.05) is 6.92 Å². The Kier molecular flexibility index (Phi) is 3.55. The molecule has 2 aromatic rings. The van der Waals surface area contributed by atoms with Crippen molar-refractivity contribution in [1.82, 2.24) is 24.7 Å². The number of hydrogen-bond acceptors (Lipinski definition) is 6. The molecule has 0 fully saturated rings. The van der Waals surface area contributed by atoms with E-state index < -0.39 is 0 Å². The minimum absolute atomic E-state index is 0.228. The standard InChI is InChI=1S/C9H12N6OS/c1-2-15-8(16)13-14-9(15)17-7-11-4-6(3-10)5-12-7/h4-5H,2-3,10H2,1H3,(H,13,16). The van der Waals surface area contributed by atoms with E-state index >= 15 is 0 Å². The fraction of sp³-hybridized carbons (Fsp3) is 0.333. The van der Waals surface area contributed by atoms with Crippen molar-refractivity contribution < 1.29 is 0 Å². The summed E-state index contributed by atoms with van der Waals surface area (Å²) in [7, 11) is 0. The Labute approximate surface area is 101 Å². The van der Waals surface area contributed by atoms with Gasteiger partial charge in [0.15, 0.2) is 10.3 Å². The highest BCUT2D eigenvalue weighted by Crippen LogP contribution is 2.20. The lowest BCUT2D eigenvalue weighted by molar-refractivity contribution is 0.659. The van der Waals surface area contributed by atoms with Crippen molar-refractivity contribution in [2.45, 2.75) is 30.3 Å². The molecule has 2 rings (SSSR count). The van der Waals surface area contributed by atoms with Gasteiger partial charge in [-0.1, -0.05) is 0 Å². The molecule has 0 spiro atoms. The lowest BCUT2D eigenvalue weighted by Gasteiger charge is -2.01. The van der Waals surface area contributed by atoms with Crippen LogP contribution in [0.25, 0.3) is 0 Å². The van der Waals surface area contributed by atoms with Crippen LogP contribution in [0.4, 0.5) is 0 Å². The van der Waals surface area contributed by atoms with Gasteiger partial charge in [0.25, 0.3) is 0 Å². The van der Waals surface area contributed by atoms with Gasteiger partial charge in [-0.25, -0.2) is 19.9 Å². The molecular weight excluding hydrogens is 240 g/mol. The van der Waals surface area contributed by atoms with Crippen LogP contribution in [0.1, 0.15) is 12.5 Å². The smallest absolute Gasteiger partial charge is 0.326 e. The Bertz CT molecular complexity index is 545. The van der Waals surface area contributed by atoms with Crippen LogP contribution in [0.5, 0.6) is 0 Å². The van der Waals surface area contributed by atoms with E-state index in [2.05, 4.69) is 20.2 Å². The average molecular weight is 252 g/mol. The molecule has 17 heavy (non-hydrogen) atoms. The first kappa shape index (κ1) is 11.8. The molecular formula is C9H12N6OS. The topological polar surface area (TPSA) is 102 Å². The van der Waals surface area contributed by atoms with Gasteiger partial charge >= 0.3 is 5.69 Å². The van der Waals surface area contributed by atoms with Gasteiger partial charge < -0.3 is 5.73 Å². The Morgan fingerprint density at radius 2 is 2.18 bits per heavy atom. The van der Waals surface area contributed by atoms with E-state index in [-0.39, 0.29) is 5.69 Å². The molecule has 0 aliphatic rings. The maximum Gasteiger partial charge on any atom is 0.343 e. The summed E-state index contributed by atoms with van der Waals surface area (Å²) in [6, 6.07) is 0. The van der Waals surface area contributed by atoms with E-state index in [1.54, 1.807) is 12.4 Å². The van der Waals surface area contributed by atoms with Crippen LogP contribution >= 0.6 is 11.8 Å². The fourth-order valence-electron chi connectivity index (χ4n) is 1.24. The molecule has 0 aliphatic heterocycles. The molecule has 0 aromatic carbocycles. The zero-order valence-corrected chi connectivity index (χ0v) is 10.1. The van der Waals surface area contributed by atoms with E-state index in [0.29, 0.717) is 23.4 Å². The molecule has 0 unspecified atom stereocenters. The SMILES string of the molecule is CCn1c(Sc2ncc(CN)cn2)n[nH]c1=O. The Morgan fingerprint density at radius 3 is 2.76 bits per heavy atom. The molecule has 0 bridgehead atoms. The quantitative estimate of drug-likeness (QED) is 0.742. The van der Waals surface area contributed by atoms with E-state index in [9.17, 15) is 4.79 Å². The highest BCUT2D eigenvalue weighted by molar-refractivity contribution is 7.99. The number of nitrogens with two attached hydrogens (primary N) is 1. The third-order valence-electron chi connectivity index (χ3n) is 2.14. The third-order valence-corrected chi connectivity index (χ3v) is 3.03. The molecule has 0 saturated carbocycles. The zero-order chi connectivity index (χ0) is 12.3. The van der Waals surface area contributed by atoms with Crippen LogP contribution in [-0.4, -0.2) is 24.7 Å². The van der Waals surface area contributed by atoms with Crippen LogP contribution in [-0.2, 0) is 13.1 Å². The minimum atomic E-state index is -0.228. The van der Waals surface area contributed by atoms with Crippen molar-refractivity contribution in [3.63, 3.8) is 0 Å². The summed E-state index contributed by atoms with van der Waals surface area (Å²) in [4.78, 5) is 19.6. The number of aromatic nitrogens is 5. The van der Waals surface area contributed by atoms with Crippen molar-refractivity contribution >= 4 is 11.8 Å². The van der Waals surface area contributed by atoms with E-state index in [0.717, 1.165) is 5.56 Å². The van der Waals surface area contributed by atoms with Crippen molar-refractivity contribution in [3.8, 4) is 0 Å². The van der Waals surface area contributed by atoms with Crippen LogP contribution in [0.2, 0.25) is 0 Å². The summed E-state index contributed by atoms with van der Waals surface area (Å²) in [5.74, 6) is 0. The molecule has 0 atom stereocenters. The molecule has 0 aliphatic carbocycles. The Hall–Kier alpha value is -1.67. The minimum Gasteiger partial charge on any atom is -0.326 e. The normalized spacial score (nSPS) is 10.7. The monoisotopic (exact) mass is 252 g/mol. The first-order chi connectivity index (χ1) is 8.24. The van der Waals surface area contributed by atoms with Gasteiger partial charge in [-0.05, 0) is 18.7 Å². The first-order valence-corrected chi connectivity index (χ1v) is 5.90. The predicted molar refractivity (Wildman–Crippen MR) is 62.6 cm³/mol. The molecule has 3 N–H and O–H groups in total. The second kappa shape index (κ2) is 5.11. The van der Waals surface area contributed by atoms with Crippen LogP contribution in [0, 0.1) is 0 Å². The highest BCUT2D eigenvalue weighted by atomic mass is 32.2. The molecule has 2 heterocycles. The summed E-state index contributed by atoms with van der Waals surface area (Å²) >= 11 is 1.24. The van der Waals surface area contributed by atoms with Gasteiger partial charge in [-0.2, -0.15) is 0 Å². The number of nitrogens with zero attached hydrogens (tertiary/aromatic N) is 4. The van der Waals surface area contributed by atoms with E-state index in [4.69, 9.17) is 5.73 Å². The molecule has 0 amide bonds. The largest absolute Gasteiger partial charge is 0.343 e. The summed E-state index contributed by atoms with van der Waals surface area (Å²) in [6.45, 7) is 2.84. The van der Waals surface area contributed by atoms with Crippen molar-refractivity contribution in [2.75, 3.05) is 0 Å². The number of rotatable bonds is 4. The van der Waals surface area contributed by atoms with Crippen molar-refractivity contribution in [1.29, 1.82) is 0 Å². The van der Waals surface area contributed by atoms with Gasteiger partial charge in [0, 0.05) is 31.0 Å². The van der Waals surface area contributed by atoms with Gasteiger partial charge in [-0.3, -0.25) is 4.57 Å². The van der Waals surface area contributed by atoms with Gasteiger partial charge in [0.1, 0.15) is 0 Å². The zero-order valence-electron chi connectivity index (χ0n) is 9.25. The molecule has 90 valence electrons. The summed E-state index contributed by atoms with van der Waals surface area (Å²) in [6.07, 6.45) is 3.33. The molecule has 0 radical (unpaired) electrons. The third kappa shape index (κ3) is 2.53. The molecule has 7 nitrogen and oxygen atoms in total.